The number of carbonyl (C=O) groups excluding carboxylic acids is 1. The lowest BCUT2D eigenvalue weighted by molar-refractivity contribution is -0.385. The number of carbonyl (C=O) groups is 1. The Morgan fingerprint density at radius 2 is 1.81 bits per heavy atom. The third kappa shape index (κ3) is 3.05. The van der Waals surface area contributed by atoms with Gasteiger partial charge in [0.25, 0.3) is 11.6 Å². The van der Waals surface area contributed by atoms with Crippen molar-refractivity contribution in [2.24, 2.45) is 5.18 Å². The molecule has 0 aliphatic rings. The van der Waals surface area contributed by atoms with E-state index in [-0.39, 0.29) is 22.8 Å². The van der Waals surface area contributed by atoms with Crippen LogP contribution >= 0.6 is 0 Å². The summed E-state index contributed by atoms with van der Waals surface area (Å²) < 4.78 is 1.36. The van der Waals surface area contributed by atoms with Gasteiger partial charge in [0.2, 0.25) is 0 Å². The summed E-state index contributed by atoms with van der Waals surface area (Å²) in [7, 11) is 0. The van der Waals surface area contributed by atoms with Gasteiger partial charge in [-0.1, -0.05) is 30.3 Å². The van der Waals surface area contributed by atoms with Gasteiger partial charge in [-0.05, 0) is 30.3 Å². The summed E-state index contributed by atoms with van der Waals surface area (Å²) in [4.78, 5) is 34.3. The first-order valence-corrected chi connectivity index (χ1v) is 7.56. The molecule has 1 heterocycles. The second-order valence-corrected chi connectivity index (χ2v) is 5.35. The molecule has 9 heteroatoms. The maximum absolute atomic E-state index is 12.6. The van der Waals surface area contributed by atoms with E-state index in [1.807, 2.05) is 6.07 Å². The number of aryl methyl sites for hydroxylation is 1. The van der Waals surface area contributed by atoms with Gasteiger partial charge in [0, 0.05) is 6.07 Å². The fourth-order valence-corrected chi connectivity index (χ4v) is 2.50. The third-order valence-corrected chi connectivity index (χ3v) is 3.70. The normalized spacial score (nSPS) is 10.3. The summed E-state index contributed by atoms with van der Waals surface area (Å²) in [5.74, 6) is -0.689. The molecule has 0 unspecified atom stereocenters. The number of nitrogens with one attached hydrogen (secondary N) is 1. The van der Waals surface area contributed by atoms with E-state index in [0.29, 0.717) is 11.4 Å². The van der Waals surface area contributed by atoms with Crippen molar-refractivity contribution >= 4 is 23.1 Å². The second kappa shape index (κ2) is 6.93. The van der Waals surface area contributed by atoms with Crippen molar-refractivity contribution in [2.75, 3.05) is 5.32 Å². The van der Waals surface area contributed by atoms with Gasteiger partial charge >= 0.3 is 0 Å². The molecule has 1 N–H and O–H groups in total. The number of amides is 1. The van der Waals surface area contributed by atoms with Crippen molar-refractivity contribution in [3.05, 3.63) is 80.9 Å². The van der Waals surface area contributed by atoms with Gasteiger partial charge in [-0.2, -0.15) is 5.10 Å². The highest BCUT2D eigenvalue weighted by Crippen LogP contribution is 2.32. The molecule has 0 spiro atoms. The minimum Gasteiger partial charge on any atom is -0.304 e. The monoisotopic (exact) mass is 351 g/mol. The summed E-state index contributed by atoms with van der Waals surface area (Å²) in [5, 5.41) is 20.8. The van der Waals surface area contributed by atoms with Crippen LogP contribution in [0.25, 0.3) is 5.69 Å². The van der Waals surface area contributed by atoms with Crippen LogP contribution in [0.4, 0.5) is 17.2 Å². The molecule has 1 aromatic heterocycles. The van der Waals surface area contributed by atoms with Crippen LogP contribution in [0.15, 0.2) is 59.8 Å². The number of nitro benzene ring substituents is 1. The van der Waals surface area contributed by atoms with Crippen LogP contribution in [0.5, 0.6) is 0 Å². The zero-order valence-corrected chi connectivity index (χ0v) is 13.6. The molecule has 26 heavy (non-hydrogen) atoms. The fraction of sp³-hybridized carbons (Fsp3) is 0.0588. The number of hydrogen-bond acceptors (Lipinski definition) is 6. The largest absolute Gasteiger partial charge is 0.304 e. The lowest BCUT2D eigenvalue weighted by atomic mass is 10.1. The Morgan fingerprint density at radius 1 is 1.15 bits per heavy atom. The average Bonchev–Trinajstić information content (AvgIpc) is 2.97. The molecule has 0 saturated carbocycles. The smallest absolute Gasteiger partial charge is 0.282 e. The van der Waals surface area contributed by atoms with Crippen molar-refractivity contribution in [3.63, 3.8) is 0 Å². The standard InChI is InChI=1S/C17H13N5O4/c1-11-15(20-24)16(21(19-11)12-7-3-2-4-8-12)18-17(23)13-9-5-6-10-14(13)22(25)26/h2-10H,1H3,(H,18,23). The lowest BCUT2D eigenvalue weighted by Crippen LogP contribution is -2.16. The second-order valence-electron chi connectivity index (χ2n) is 5.35. The number of anilines is 1. The summed E-state index contributed by atoms with van der Waals surface area (Å²) in [6, 6.07) is 14.4. The average molecular weight is 351 g/mol. The van der Waals surface area contributed by atoms with Crippen LogP contribution in [0.2, 0.25) is 0 Å². The van der Waals surface area contributed by atoms with Crippen LogP contribution in [-0.4, -0.2) is 20.6 Å². The zero-order chi connectivity index (χ0) is 18.7. The van der Waals surface area contributed by atoms with E-state index in [1.54, 1.807) is 31.2 Å². The summed E-state index contributed by atoms with van der Waals surface area (Å²) in [6.07, 6.45) is 0. The van der Waals surface area contributed by atoms with Gasteiger partial charge in [0.15, 0.2) is 11.5 Å². The van der Waals surface area contributed by atoms with Gasteiger partial charge in [0.1, 0.15) is 5.56 Å². The van der Waals surface area contributed by atoms with Crippen molar-refractivity contribution in [1.29, 1.82) is 0 Å². The van der Waals surface area contributed by atoms with E-state index in [4.69, 9.17) is 0 Å². The lowest BCUT2D eigenvalue weighted by Gasteiger charge is -2.09. The molecular weight excluding hydrogens is 338 g/mol. The Bertz CT molecular complexity index is 998. The minimum atomic E-state index is -0.737. The van der Waals surface area contributed by atoms with Gasteiger partial charge < -0.3 is 5.32 Å². The van der Waals surface area contributed by atoms with Crippen LogP contribution in [0.3, 0.4) is 0 Å². The third-order valence-electron chi connectivity index (χ3n) is 3.70. The molecule has 3 aromatic rings. The molecule has 0 aliphatic carbocycles. The maximum Gasteiger partial charge on any atom is 0.282 e. The zero-order valence-electron chi connectivity index (χ0n) is 13.6. The predicted molar refractivity (Wildman–Crippen MR) is 94.8 cm³/mol. The van der Waals surface area contributed by atoms with Gasteiger partial charge in [-0.3, -0.25) is 14.9 Å². The maximum atomic E-state index is 12.6. The molecule has 0 atom stereocenters. The highest BCUT2D eigenvalue weighted by molar-refractivity contribution is 6.08. The highest BCUT2D eigenvalue weighted by atomic mass is 16.6. The molecule has 0 saturated heterocycles. The van der Waals surface area contributed by atoms with Gasteiger partial charge in [-0.15, -0.1) is 4.91 Å². The Balaban J connectivity index is 2.07. The van der Waals surface area contributed by atoms with Crippen molar-refractivity contribution in [3.8, 4) is 5.69 Å². The van der Waals surface area contributed by atoms with Crippen molar-refractivity contribution in [1.82, 2.24) is 9.78 Å². The van der Waals surface area contributed by atoms with E-state index < -0.39 is 10.8 Å². The Labute approximate surface area is 147 Å². The van der Waals surface area contributed by atoms with Gasteiger partial charge in [-0.25, -0.2) is 4.68 Å². The Hall–Kier alpha value is -3.88. The summed E-state index contributed by atoms with van der Waals surface area (Å²) in [6.45, 7) is 1.58. The molecule has 2 aromatic carbocycles. The van der Waals surface area contributed by atoms with Crippen molar-refractivity contribution < 1.29 is 9.72 Å². The molecule has 0 fully saturated rings. The number of para-hydroxylation sites is 2. The molecule has 130 valence electrons. The number of aromatic nitrogens is 2. The van der Waals surface area contributed by atoms with Crippen LogP contribution in [0, 0.1) is 21.9 Å². The Kier molecular flexibility index (Phi) is 4.52. The molecule has 1 amide bonds. The molecular formula is C17H13N5O4. The number of nitro groups is 1. The quantitative estimate of drug-likeness (QED) is 0.426. The predicted octanol–water partition coefficient (Wildman–Crippen LogP) is 3.74. The minimum absolute atomic E-state index is 0.0409. The molecule has 0 aliphatic heterocycles. The first-order chi connectivity index (χ1) is 12.5. The molecule has 9 nitrogen and oxygen atoms in total. The van der Waals surface area contributed by atoms with Crippen LogP contribution < -0.4 is 5.32 Å². The molecule has 0 bridgehead atoms. The van der Waals surface area contributed by atoms with E-state index in [0.717, 1.165) is 0 Å². The van der Waals surface area contributed by atoms with E-state index in [2.05, 4.69) is 15.6 Å². The van der Waals surface area contributed by atoms with Crippen LogP contribution in [-0.2, 0) is 0 Å². The van der Waals surface area contributed by atoms with Crippen molar-refractivity contribution in [2.45, 2.75) is 6.92 Å². The first-order valence-electron chi connectivity index (χ1n) is 7.56. The van der Waals surface area contributed by atoms with E-state index in [1.165, 1.54) is 28.9 Å². The number of benzene rings is 2. The topological polar surface area (TPSA) is 119 Å². The van der Waals surface area contributed by atoms with E-state index in [9.17, 15) is 19.8 Å². The number of nitrogens with zero attached hydrogens (tertiary/aromatic N) is 4. The fourth-order valence-electron chi connectivity index (χ4n) is 2.50. The number of nitroso groups, excluding NO2 is 1. The first kappa shape index (κ1) is 17.0. The van der Waals surface area contributed by atoms with E-state index >= 15 is 0 Å². The summed E-state index contributed by atoms with van der Waals surface area (Å²) in [5.41, 5.74) is 0.409. The Morgan fingerprint density at radius 3 is 2.46 bits per heavy atom. The van der Waals surface area contributed by atoms with Gasteiger partial charge in [0.05, 0.1) is 16.3 Å². The molecule has 0 radical (unpaired) electrons. The number of hydrogen-bond donors (Lipinski definition) is 1. The SMILES string of the molecule is Cc1nn(-c2ccccc2)c(NC(=O)c2ccccc2[N+](=O)[O-])c1N=O. The molecule has 3 rings (SSSR count). The number of rotatable bonds is 5. The van der Waals surface area contributed by atoms with Crippen LogP contribution in [0.1, 0.15) is 16.1 Å². The summed E-state index contributed by atoms with van der Waals surface area (Å²) >= 11 is 0. The highest BCUT2D eigenvalue weighted by Gasteiger charge is 2.24.